The van der Waals surface area contributed by atoms with Gasteiger partial charge in [-0.25, -0.2) is 0 Å². The maximum Gasteiger partial charge on any atom is 0.317 e. The summed E-state index contributed by atoms with van der Waals surface area (Å²) in [6.45, 7) is 0.0451. The highest BCUT2D eigenvalue weighted by atomic mass is 31.0. The molecule has 0 aromatic heterocycles. The molecule has 0 aliphatic carbocycles. The van der Waals surface area contributed by atoms with Crippen LogP contribution in [0.3, 0.4) is 0 Å². The normalized spacial score (nSPS) is 8.71. The van der Waals surface area contributed by atoms with Gasteiger partial charge in [0, 0.05) is 6.29 Å². The Balaban J connectivity index is 2.82. The molecule has 0 saturated heterocycles. The third-order valence-corrected chi connectivity index (χ3v) is 0.709. The molecule has 7 heavy (non-hydrogen) atoms. The number of carboxylic acids is 1. The summed E-state index contributed by atoms with van der Waals surface area (Å²) in [7, 11) is 2.37. The number of hydrogen-bond donors (Lipinski definition) is 2. The van der Waals surface area contributed by atoms with Crippen molar-refractivity contribution in [3.8, 4) is 0 Å². The summed E-state index contributed by atoms with van der Waals surface area (Å²) in [5.41, 5.74) is 0. The highest BCUT2D eigenvalue weighted by Crippen LogP contribution is 1.69. The molecule has 0 radical (unpaired) electrons. The van der Waals surface area contributed by atoms with Gasteiger partial charge in [0.05, 0.1) is 6.54 Å². The fourth-order valence-electron chi connectivity index (χ4n) is 0.179. The minimum absolute atomic E-state index is 0.0451. The Morgan fingerprint density at radius 1 is 1.86 bits per heavy atom. The van der Waals surface area contributed by atoms with Crippen molar-refractivity contribution in [2.45, 2.75) is 0 Å². The Morgan fingerprint density at radius 3 is 2.57 bits per heavy atom. The molecule has 3 nitrogen and oxygen atoms in total. The van der Waals surface area contributed by atoms with E-state index >= 15 is 0 Å². The monoisotopic (exact) mass is 121 g/mol. The fourth-order valence-corrected chi connectivity index (χ4v) is 0.323. The zero-order valence-electron chi connectivity index (χ0n) is 3.85. The van der Waals surface area contributed by atoms with Crippen molar-refractivity contribution in [3.05, 3.63) is 0 Å². The van der Waals surface area contributed by atoms with Crippen molar-refractivity contribution >= 4 is 15.2 Å². The van der Waals surface area contributed by atoms with E-state index in [0.29, 0.717) is 6.29 Å². The fraction of sp³-hybridized carbons (Fsp3) is 0.667. The lowest BCUT2D eigenvalue weighted by Gasteiger charge is -1.90. The number of nitrogens with one attached hydrogen (secondary N) is 1. The predicted molar refractivity (Wildman–Crippen MR) is 30.2 cm³/mol. The van der Waals surface area contributed by atoms with Crippen LogP contribution >= 0.6 is 9.24 Å². The van der Waals surface area contributed by atoms with Gasteiger partial charge in [-0.3, -0.25) is 4.79 Å². The van der Waals surface area contributed by atoms with Gasteiger partial charge >= 0.3 is 5.97 Å². The SMILES string of the molecule is O=C(O)CNCP. The smallest absolute Gasteiger partial charge is 0.317 e. The summed E-state index contributed by atoms with van der Waals surface area (Å²) in [6.07, 6.45) is 0.631. The van der Waals surface area contributed by atoms with E-state index in [4.69, 9.17) is 5.11 Å². The molecule has 0 bridgehead atoms. The second-order valence-corrected chi connectivity index (χ2v) is 1.43. The molecule has 0 rings (SSSR count). The van der Waals surface area contributed by atoms with Crippen LogP contribution in [0.2, 0.25) is 0 Å². The van der Waals surface area contributed by atoms with E-state index in [1.54, 1.807) is 0 Å². The first kappa shape index (κ1) is 6.86. The average molecular weight is 121 g/mol. The van der Waals surface area contributed by atoms with Crippen LogP contribution in [0.15, 0.2) is 0 Å². The second kappa shape index (κ2) is 4.03. The minimum atomic E-state index is -0.817. The Hall–Kier alpha value is -0.140. The molecule has 0 aromatic rings. The largest absolute Gasteiger partial charge is 0.480 e. The van der Waals surface area contributed by atoms with E-state index in [1.165, 1.54) is 0 Å². The minimum Gasteiger partial charge on any atom is -0.480 e. The third-order valence-electron chi connectivity index (χ3n) is 0.421. The average Bonchev–Trinajstić information content (AvgIpc) is 1.61. The molecule has 1 atom stereocenters. The lowest BCUT2D eigenvalue weighted by atomic mass is 10.7. The van der Waals surface area contributed by atoms with Crippen LogP contribution in [0.1, 0.15) is 0 Å². The first-order chi connectivity index (χ1) is 3.27. The van der Waals surface area contributed by atoms with Gasteiger partial charge in [-0.1, -0.05) is 0 Å². The number of carboxylic acid groups (broad SMARTS) is 1. The highest BCUT2D eigenvalue weighted by molar-refractivity contribution is 7.16. The highest BCUT2D eigenvalue weighted by Gasteiger charge is 1.89. The van der Waals surface area contributed by atoms with Gasteiger partial charge in [-0.2, -0.15) is 0 Å². The van der Waals surface area contributed by atoms with Crippen molar-refractivity contribution in [1.82, 2.24) is 5.32 Å². The summed E-state index contributed by atoms with van der Waals surface area (Å²) in [4.78, 5) is 9.69. The Kier molecular flexibility index (Phi) is 3.95. The van der Waals surface area contributed by atoms with Crippen LogP contribution in [0.4, 0.5) is 0 Å². The van der Waals surface area contributed by atoms with E-state index in [2.05, 4.69) is 14.6 Å². The molecule has 0 aliphatic rings. The molecule has 1 unspecified atom stereocenters. The molecule has 0 aromatic carbocycles. The van der Waals surface area contributed by atoms with Crippen molar-refractivity contribution in [2.24, 2.45) is 0 Å². The lowest BCUT2D eigenvalue weighted by Crippen LogP contribution is -2.20. The number of rotatable bonds is 3. The molecule has 42 valence electrons. The molecule has 2 N–H and O–H groups in total. The maximum atomic E-state index is 9.69. The predicted octanol–water partition coefficient (Wildman–Crippen LogP) is -0.507. The van der Waals surface area contributed by atoms with Gasteiger partial charge in [0.1, 0.15) is 0 Å². The van der Waals surface area contributed by atoms with Gasteiger partial charge in [0.15, 0.2) is 0 Å². The van der Waals surface area contributed by atoms with Crippen LogP contribution in [-0.4, -0.2) is 23.9 Å². The first-order valence-corrected chi connectivity index (χ1v) is 2.71. The standard InChI is InChI=1S/C3H8NO2P/c5-3(6)1-4-2-7/h4H,1-2,7H2,(H,5,6). The van der Waals surface area contributed by atoms with E-state index in [0.717, 1.165) is 0 Å². The van der Waals surface area contributed by atoms with Gasteiger partial charge in [0.2, 0.25) is 0 Å². The zero-order chi connectivity index (χ0) is 5.70. The van der Waals surface area contributed by atoms with Crippen molar-refractivity contribution in [3.63, 3.8) is 0 Å². The zero-order valence-corrected chi connectivity index (χ0v) is 5.00. The molecule has 0 saturated carbocycles. The van der Waals surface area contributed by atoms with Crippen LogP contribution in [0, 0.1) is 0 Å². The van der Waals surface area contributed by atoms with E-state index in [-0.39, 0.29) is 6.54 Å². The van der Waals surface area contributed by atoms with Gasteiger partial charge in [-0.15, -0.1) is 9.24 Å². The van der Waals surface area contributed by atoms with Gasteiger partial charge < -0.3 is 10.4 Å². The Labute approximate surface area is 44.3 Å². The number of aliphatic carboxylic acids is 1. The summed E-state index contributed by atoms with van der Waals surface area (Å²) in [5.74, 6) is -0.817. The summed E-state index contributed by atoms with van der Waals surface area (Å²) >= 11 is 0. The van der Waals surface area contributed by atoms with Crippen molar-refractivity contribution < 1.29 is 9.90 Å². The van der Waals surface area contributed by atoms with Gasteiger partial charge in [-0.05, 0) is 0 Å². The summed E-state index contributed by atoms with van der Waals surface area (Å²) < 4.78 is 0. The molecule has 0 fully saturated rings. The second-order valence-electron chi connectivity index (χ2n) is 1.02. The van der Waals surface area contributed by atoms with E-state index in [1.807, 2.05) is 0 Å². The lowest BCUT2D eigenvalue weighted by molar-refractivity contribution is -0.135. The van der Waals surface area contributed by atoms with E-state index < -0.39 is 5.97 Å². The van der Waals surface area contributed by atoms with Crippen LogP contribution < -0.4 is 5.32 Å². The number of carbonyl (C=O) groups is 1. The Morgan fingerprint density at radius 2 is 2.43 bits per heavy atom. The van der Waals surface area contributed by atoms with E-state index in [9.17, 15) is 4.79 Å². The molecule has 0 amide bonds. The van der Waals surface area contributed by atoms with Crippen LogP contribution in [-0.2, 0) is 4.79 Å². The molecule has 4 heteroatoms. The molecule has 0 aliphatic heterocycles. The molecule has 0 heterocycles. The number of hydrogen-bond acceptors (Lipinski definition) is 2. The third kappa shape index (κ3) is 5.86. The molecule has 0 spiro atoms. The van der Waals surface area contributed by atoms with Crippen LogP contribution in [0.5, 0.6) is 0 Å². The Bertz CT molecular complexity index is 66.0. The summed E-state index contributed by atoms with van der Waals surface area (Å²) in [6, 6.07) is 0. The first-order valence-electron chi connectivity index (χ1n) is 1.90. The van der Waals surface area contributed by atoms with Crippen molar-refractivity contribution in [1.29, 1.82) is 0 Å². The summed E-state index contributed by atoms with van der Waals surface area (Å²) in [5, 5.41) is 10.6. The van der Waals surface area contributed by atoms with Crippen molar-refractivity contribution in [2.75, 3.05) is 12.8 Å². The quantitative estimate of drug-likeness (QED) is 0.494. The van der Waals surface area contributed by atoms with Crippen LogP contribution in [0.25, 0.3) is 0 Å². The molecular formula is C3H8NO2P. The van der Waals surface area contributed by atoms with Gasteiger partial charge in [0.25, 0.3) is 0 Å². The topological polar surface area (TPSA) is 49.3 Å². The maximum absolute atomic E-state index is 9.69. The molecular weight excluding hydrogens is 113 g/mol.